The number of hydrogen-bond acceptors (Lipinski definition) is 5. The molecule has 1 N–H and O–H groups in total. The zero-order valence-electron chi connectivity index (χ0n) is 12.3. The number of hydrogen-bond donors (Lipinski definition) is 1. The quantitative estimate of drug-likeness (QED) is 0.817. The molecule has 1 aromatic heterocycles. The van der Waals surface area contributed by atoms with Gasteiger partial charge in [0.25, 0.3) is 0 Å². The van der Waals surface area contributed by atoms with E-state index in [0.717, 1.165) is 24.8 Å². The largest absolute Gasteiger partial charge is 0.475 e. The van der Waals surface area contributed by atoms with Crippen LogP contribution < -0.4 is 10.1 Å². The van der Waals surface area contributed by atoms with Gasteiger partial charge in [-0.25, -0.2) is 4.98 Å². The molecule has 2 rings (SSSR count). The predicted molar refractivity (Wildman–Crippen MR) is 76.7 cm³/mol. The van der Waals surface area contributed by atoms with Gasteiger partial charge in [-0.2, -0.15) is 4.98 Å². The molecule has 0 saturated heterocycles. The average molecular weight is 264 g/mol. The van der Waals surface area contributed by atoms with Crippen molar-refractivity contribution >= 4 is 5.95 Å². The molecule has 1 heterocycles. The number of nitrogens with zero attached hydrogens (tertiary/aromatic N) is 3. The highest BCUT2D eigenvalue weighted by atomic mass is 16.5. The molecule has 19 heavy (non-hydrogen) atoms. The van der Waals surface area contributed by atoms with Crippen LogP contribution in [0.4, 0.5) is 5.95 Å². The first-order chi connectivity index (χ1) is 9.04. The van der Waals surface area contributed by atoms with E-state index in [2.05, 4.69) is 27.2 Å². The van der Waals surface area contributed by atoms with Gasteiger partial charge >= 0.3 is 0 Å². The van der Waals surface area contributed by atoms with E-state index < -0.39 is 0 Å². The lowest BCUT2D eigenvalue weighted by Gasteiger charge is -2.16. The summed E-state index contributed by atoms with van der Waals surface area (Å²) < 4.78 is 5.61. The lowest BCUT2D eigenvalue weighted by Crippen LogP contribution is -2.27. The van der Waals surface area contributed by atoms with Gasteiger partial charge in [-0.15, -0.1) is 0 Å². The molecule has 5 nitrogen and oxygen atoms in total. The summed E-state index contributed by atoms with van der Waals surface area (Å²) in [5.41, 5.74) is 0.920. The third-order valence-electron chi connectivity index (χ3n) is 3.11. The maximum Gasteiger partial charge on any atom is 0.226 e. The van der Waals surface area contributed by atoms with Crippen LogP contribution in [0.3, 0.4) is 0 Å². The average Bonchev–Trinajstić information content (AvgIpc) is 3.10. The van der Waals surface area contributed by atoms with Crippen molar-refractivity contribution in [3.63, 3.8) is 0 Å². The van der Waals surface area contributed by atoms with Gasteiger partial charge in [-0.05, 0) is 40.7 Å². The van der Waals surface area contributed by atoms with Crippen LogP contribution >= 0.6 is 0 Å². The second kappa shape index (κ2) is 6.19. The maximum absolute atomic E-state index is 5.61. The number of nitrogens with one attached hydrogen (secondary N) is 1. The summed E-state index contributed by atoms with van der Waals surface area (Å²) in [6, 6.07) is 2.65. The van der Waals surface area contributed by atoms with Gasteiger partial charge in [0.15, 0.2) is 0 Å². The van der Waals surface area contributed by atoms with Crippen LogP contribution in [0.15, 0.2) is 6.07 Å². The van der Waals surface area contributed by atoms with E-state index >= 15 is 0 Å². The molecule has 1 aliphatic carbocycles. The Morgan fingerprint density at radius 2 is 2.16 bits per heavy atom. The fraction of sp³-hybridized carbons (Fsp3) is 0.714. The topological polar surface area (TPSA) is 50.3 Å². The van der Waals surface area contributed by atoms with E-state index in [-0.39, 0.29) is 6.10 Å². The second-order valence-electron chi connectivity index (χ2n) is 5.48. The summed E-state index contributed by atoms with van der Waals surface area (Å²) in [5, 5.41) is 3.27. The number of rotatable bonds is 7. The molecule has 106 valence electrons. The molecular weight excluding hydrogens is 240 g/mol. The van der Waals surface area contributed by atoms with Crippen LogP contribution in [0, 0.1) is 6.92 Å². The Morgan fingerprint density at radius 3 is 2.79 bits per heavy atom. The minimum atomic E-state index is 0.128. The Balaban J connectivity index is 1.86. The molecule has 0 unspecified atom stereocenters. The summed E-state index contributed by atoms with van der Waals surface area (Å²) >= 11 is 0. The molecule has 0 atom stereocenters. The van der Waals surface area contributed by atoms with Crippen LogP contribution in [0.1, 0.15) is 32.4 Å². The van der Waals surface area contributed by atoms with Crippen molar-refractivity contribution in [2.24, 2.45) is 0 Å². The standard InChI is InChI=1S/C14H24N4O/c1-10(2)19-13-9-11(3)16-14(17-13)15-7-8-18(4)12-5-6-12/h9-10,12H,5-8H2,1-4H3,(H,15,16,17). The molecule has 1 fully saturated rings. The zero-order valence-corrected chi connectivity index (χ0v) is 12.3. The lowest BCUT2D eigenvalue weighted by molar-refractivity contribution is 0.232. The first kappa shape index (κ1) is 14.1. The van der Waals surface area contributed by atoms with Gasteiger partial charge in [0.1, 0.15) is 0 Å². The van der Waals surface area contributed by atoms with Gasteiger partial charge in [0, 0.05) is 30.9 Å². The molecule has 0 bridgehead atoms. The zero-order chi connectivity index (χ0) is 13.8. The highest BCUT2D eigenvalue weighted by Gasteiger charge is 2.25. The van der Waals surface area contributed by atoms with E-state index in [1.165, 1.54) is 12.8 Å². The van der Waals surface area contributed by atoms with Crippen LogP contribution in [0.2, 0.25) is 0 Å². The molecule has 0 aliphatic heterocycles. The predicted octanol–water partition coefficient (Wildman–Crippen LogP) is 2.08. The molecule has 1 aromatic rings. The highest BCUT2D eigenvalue weighted by molar-refractivity contribution is 5.30. The van der Waals surface area contributed by atoms with Gasteiger partial charge in [-0.1, -0.05) is 0 Å². The SMILES string of the molecule is Cc1cc(OC(C)C)nc(NCCN(C)C2CC2)n1. The number of aromatic nitrogens is 2. The Labute approximate surface area is 115 Å². The summed E-state index contributed by atoms with van der Waals surface area (Å²) in [5.74, 6) is 1.29. The molecular formula is C14H24N4O. The van der Waals surface area contributed by atoms with Crippen molar-refractivity contribution in [3.8, 4) is 5.88 Å². The van der Waals surface area contributed by atoms with E-state index in [9.17, 15) is 0 Å². The minimum Gasteiger partial charge on any atom is -0.475 e. The molecule has 0 spiro atoms. The molecule has 0 aromatic carbocycles. The van der Waals surface area contributed by atoms with Crippen LogP contribution in [-0.4, -0.2) is 47.2 Å². The number of ether oxygens (including phenoxy) is 1. The van der Waals surface area contributed by atoms with Gasteiger partial charge in [0.2, 0.25) is 11.8 Å². The first-order valence-corrected chi connectivity index (χ1v) is 7.01. The minimum absolute atomic E-state index is 0.128. The summed E-state index contributed by atoms with van der Waals surface area (Å²) in [6.07, 6.45) is 2.80. The van der Waals surface area contributed by atoms with Crippen LogP contribution in [-0.2, 0) is 0 Å². The first-order valence-electron chi connectivity index (χ1n) is 7.01. The van der Waals surface area contributed by atoms with Crippen molar-refractivity contribution < 1.29 is 4.74 Å². The lowest BCUT2D eigenvalue weighted by atomic mass is 10.4. The Morgan fingerprint density at radius 1 is 1.42 bits per heavy atom. The third kappa shape index (κ3) is 4.67. The van der Waals surface area contributed by atoms with E-state index in [4.69, 9.17) is 4.74 Å². The second-order valence-corrected chi connectivity index (χ2v) is 5.48. The van der Waals surface area contributed by atoms with Gasteiger partial charge in [0.05, 0.1) is 6.10 Å². The van der Waals surface area contributed by atoms with E-state index in [0.29, 0.717) is 11.8 Å². The van der Waals surface area contributed by atoms with Crippen LogP contribution in [0.25, 0.3) is 0 Å². The fourth-order valence-electron chi connectivity index (χ4n) is 1.96. The van der Waals surface area contributed by atoms with Crippen molar-refractivity contribution in [2.75, 3.05) is 25.5 Å². The molecule has 0 amide bonds. The molecule has 0 radical (unpaired) electrons. The van der Waals surface area contributed by atoms with Crippen molar-refractivity contribution in [1.29, 1.82) is 0 Å². The maximum atomic E-state index is 5.61. The fourth-order valence-corrected chi connectivity index (χ4v) is 1.96. The van der Waals surface area contributed by atoms with Gasteiger partial charge in [-0.3, -0.25) is 0 Å². The van der Waals surface area contributed by atoms with Crippen molar-refractivity contribution in [3.05, 3.63) is 11.8 Å². The summed E-state index contributed by atoms with van der Waals surface area (Å²) in [7, 11) is 2.17. The third-order valence-corrected chi connectivity index (χ3v) is 3.11. The molecule has 1 saturated carbocycles. The Hall–Kier alpha value is -1.36. The Kier molecular flexibility index (Phi) is 4.58. The Bertz CT molecular complexity index is 418. The smallest absolute Gasteiger partial charge is 0.226 e. The van der Waals surface area contributed by atoms with Gasteiger partial charge < -0.3 is 15.0 Å². The van der Waals surface area contributed by atoms with E-state index in [1.54, 1.807) is 0 Å². The monoisotopic (exact) mass is 264 g/mol. The molecule has 1 aliphatic rings. The van der Waals surface area contributed by atoms with Crippen molar-refractivity contribution in [1.82, 2.24) is 14.9 Å². The number of aryl methyl sites for hydroxylation is 1. The number of anilines is 1. The normalized spacial score (nSPS) is 15.1. The molecule has 5 heteroatoms. The van der Waals surface area contributed by atoms with Crippen molar-refractivity contribution in [2.45, 2.75) is 45.8 Å². The van der Waals surface area contributed by atoms with E-state index in [1.807, 2.05) is 26.8 Å². The summed E-state index contributed by atoms with van der Waals surface area (Å²) in [4.78, 5) is 11.1. The number of likely N-dealkylation sites (N-methyl/N-ethyl adjacent to an activating group) is 1. The van der Waals surface area contributed by atoms with Crippen LogP contribution in [0.5, 0.6) is 5.88 Å². The summed E-state index contributed by atoms with van der Waals surface area (Å²) in [6.45, 7) is 7.82. The highest BCUT2D eigenvalue weighted by Crippen LogP contribution is 2.24.